The summed E-state index contributed by atoms with van der Waals surface area (Å²) < 4.78 is 16.3. The van der Waals surface area contributed by atoms with Crippen molar-refractivity contribution in [1.29, 1.82) is 0 Å². The van der Waals surface area contributed by atoms with Crippen molar-refractivity contribution in [2.24, 2.45) is 5.73 Å². The van der Waals surface area contributed by atoms with E-state index in [1.54, 1.807) is 19.9 Å². The lowest BCUT2D eigenvalue weighted by Crippen LogP contribution is -2.38. The molecule has 0 fully saturated rings. The van der Waals surface area contributed by atoms with Gasteiger partial charge < -0.3 is 25.1 Å². The predicted molar refractivity (Wildman–Crippen MR) is 135 cm³/mol. The molecule has 3 N–H and O–H groups in total. The highest BCUT2D eigenvalue weighted by Crippen LogP contribution is 2.35. The Morgan fingerprint density at radius 1 is 0.861 bits per heavy atom. The number of ether oxygens (including phenoxy) is 3. The number of hydrogen-bond donors (Lipinski definition) is 2. The van der Waals surface area contributed by atoms with Crippen LogP contribution in [0.25, 0.3) is 0 Å². The number of carbonyl (C=O) groups is 4. The van der Waals surface area contributed by atoms with Crippen molar-refractivity contribution in [3.05, 3.63) is 23.8 Å². The molecule has 9 nitrogen and oxygen atoms in total. The third-order valence-electron chi connectivity index (χ3n) is 5.74. The van der Waals surface area contributed by atoms with Crippen LogP contribution in [-0.4, -0.2) is 41.1 Å². The van der Waals surface area contributed by atoms with Crippen molar-refractivity contribution in [3.63, 3.8) is 0 Å². The average Bonchev–Trinajstić information content (AvgIpc) is 2.83. The first-order valence-electron chi connectivity index (χ1n) is 12.9. The molecule has 0 aliphatic heterocycles. The minimum Gasteiger partial charge on any atom is -0.480 e. The number of esters is 3. The number of hydrogen-bond acceptors (Lipinski definition) is 8. The van der Waals surface area contributed by atoms with Crippen molar-refractivity contribution in [3.8, 4) is 11.5 Å². The van der Waals surface area contributed by atoms with Crippen LogP contribution in [0.4, 0.5) is 0 Å². The van der Waals surface area contributed by atoms with Gasteiger partial charge in [-0.15, -0.1) is 0 Å². The molecule has 9 heteroatoms. The van der Waals surface area contributed by atoms with Gasteiger partial charge in [0.1, 0.15) is 6.04 Å². The van der Waals surface area contributed by atoms with E-state index >= 15 is 0 Å². The SMILES string of the molecule is CCCCCC(=O)Oc1ccc(C(CC(C)OC(=O)CC)[C@H](N)C(=O)O)cc1OC(=O)CCCCC. The zero-order valence-electron chi connectivity index (χ0n) is 21.9. The van der Waals surface area contributed by atoms with Crippen molar-refractivity contribution in [2.75, 3.05) is 0 Å². The summed E-state index contributed by atoms with van der Waals surface area (Å²) in [6.07, 6.45) is 5.17. The molecule has 0 bridgehead atoms. The van der Waals surface area contributed by atoms with Crippen LogP contribution in [0.1, 0.15) is 103 Å². The van der Waals surface area contributed by atoms with E-state index in [1.165, 1.54) is 12.1 Å². The molecule has 3 atom stereocenters. The van der Waals surface area contributed by atoms with Gasteiger partial charge in [0.2, 0.25) is 0 Å². The molecule has 0 aromatic heterocycles. The smallest absolute Gasteiger partial charge is 0.321 e. The van der Waals surface area contributed by atoms with Gasteiger partial charge in [0.25, 0.3) is 0 Å². The molecule has 202 valence electrons. The lowest BCUT2D eigenvalue weighted by Gasteiger charge is -2.25. The van der Waals surface area contributed by atoms with Gasteiger partial charge in [0.15, 0.2) is 11.5 Å². The van der Waals surface area contributed by atoms with E-state index < -0.39 is 41.9 Å². The van der Waals surface area contributed by atoms with Gasteiger partial charge in [-0.1, -0.05) is 52.5 Å². The van der Waals surface area contributed by atoms with E-state index in [1.807, 2.05) is 13.8 Å². The molecule has 36 heavy (non-hydrogen) atoms. The lowest BCUT2D eigenvalue weighted by atomic mass is 9.87. The topological polar surface area (TPSA) is 142 Å². The fraction of sp³-hybridized carbons (Fsp3) is 0.630. The number of aliphatic carboxylic acids is 1. The first-order chi connectivity index (χ1) is 17.1. The van der Waals surface area contributed by atoms with Gasteiger partial charge in [-0.25, -0.2) is 0 Å². The van der Waals surface area contributed by atoms with E-state index in [0.29, 0.717) is 18.4 Å². The van der Waals surface area contributed by atoms with Crippen LogP contribution < -0.4 is 15.2 Å². The molecule has 1 aromatic carbocycles. The molecule has 1 aromatic rings. The molecular weight excluding hydrogens is 466 g/mol. The first kappa shape index (κ1) is 31.1. The second-order valence-electron chi connectivity index (χ2n) is 8.93. The Morgan fingerprint density at radius 3 is 1.92 bits per heavy atom. The van der Waals surface area contributed by atoms with Gasteiger partial charge in [-0.2, -0.15) is 0 Å². The number of carbonyl (C=O) groups excluding carboxylic acids is 3. The third kappa shape index (κ3) is 11.2. The standard InChI is InChI=1S/C27H41NO8/c1-5-8-10-12-24(30)35-21-15-14-19(17-22(21)36-25(31)13-11-9-6-2)20(26(28)27(32)33)16-18(4)34-23(29)7-3/h14-15,17-18,20,26H,5-13,16,28H2,1-4H3,(H,32,33)/t18?,20?,26-/m0/s1. The summed E-state index contributed by atoms with van der Waals surface area (Å²) in [5.74, 6) is -3.20. The van der Waals surface area contributed by atoms with Crippen molar-refractivity contribution in [2.45, 2.75) is 110 Å². The zero-order valence-corrected chi connectivity index (χ0v) is 21.9. The molecule has 1 rings (SSSR count). The monoisotopic (exact) mass is 507 g/mol. The van der Waals surface area contributed by atoms with Crippen LogP contribution in [0.2, 0.25) is 0 Å². The van der Waals surface area contributed by atoms with Gasteiger partial charge in [-0.3, -0.25) is 19.2 Å². The van der Waals surface area contributed by atoms with Crippen LogP contribution in [-0.2, 0) is 23.9 Å². The summed E-state index contributed by atoms with van der Waals surface area (Å²) in [5, 5.41) is 9.58. The zero-order chi connectivity index (χ0) is 27.1. The second-order valence-corrected chi connectivity index (χ2v) is 8.93. The first-order valence-corrected chi connectivity index (χ1v) is 12.9. The highest BCUT2D eigenvalue weighted by Gasteiger charge is 2.30. The summed E-state index contributed by atoms with van der Waals surface area (Å²) in [5.41, 5.74) is 6.45. The van der Waals surface area contributed by atoms with Gasteiger partial charge in [0, 0.05) is 25.2 Å². The van der Waals surface area contributed by atoms with E-state index in [0.717, 1.165) is 25.7 Å². The average molecular weight is 508 g/mol. The highest BCUT2D eigenvalue weighted by molar-refractivity contribution is 5.77. The molecule has 0 radical (unpaired) electrons. The predicted octanol–water partition coefficient (Wildman–Crippen LogP) is 4.89. The van der Waals surface area contributed by atoms with Crippen molar-refractivity contribution >= 4 is 23.9 Å². The molecule has 0 saturated carbocycles. The van der Waals surface area contributed by atoms with Gasteiger partial charge >= 0.3 is 23.9 Å². The van der Waals surface area contributed by atoms with Crippen LogP contribution in [0.3, 0.4) is 0 Å². The van der Waals surface area contributed by atoms with Gasteiger partial charge in [-0.05, 0) is 43.9 Å². The third-order valence-corrected chi connectivity index (χ3v) is 5.74. The fourth-order valence-corrected chi connectivity index (χ4v) is 3.68. The van der Waals surface area contributed by atoms with Crippen LogP contribution in [0, 0.1) is 0 Å². The number of carboxylic acids is 1. The Morgan fingerprint density at radius 2 is 1.42 bits per heavy atom. The summed E-state index contributed by atoms with van der Waals surface area (Å²) in [4.78, 5) is 48.2. The van der Waals surface area contributed by atoms with Crippen LogP contribution in [0.5, 0.6) is 11.5 Å². The Hall–Kier alpha value is -2.94. The normalized spacial score (nSPS) is 13.4. The molecule has 0 amide bonds. The Bertz CT molecular complexity index is 869. The molecular formula is C27H41NO8. The molecule has 0 saturated heterocycles. The Labute approximate surface area is 213 Å². The van der Waals surface area contributed by atoms with E-state index in [2.05, 4.69) is 0 Å². The highest BCUT2D eigenvalue weighted by atomic mass is 16.6. The number of benzene rings is 1. The minimum atomic E-state index is -1.30. The molecule has 2 unspecified atom stereocenters. The van der Waals surface area contributed by atoms with Gasteiger partial charge in [0.05, 0.1) is 6.10 Å². The molecule has 0 aliphatic rings. The van der Waals surface area contributed by atoms with E-state index in [4.69, 9.17) is 19.9 Å². The van der Waals surface area contributed by atoms with Crippen molar-refractivity contribution < 1.29 is 38.5 Å². The quantitative estimate of drug-likeness (QED) is 0.171. The Kier molecular flexibility index (Phi) is 14.4. The molecule has 0 spiro atoms. The summed E-state index contributed by atoms with van der Waals surface area (Å²) in [6, 6.07) is 3.24. The summed E-state index contributed by atoms with van der Waals surface area (Å²) >= 11 is 0. The Balaban J connectivity index is 3.26. The largest absolute Gasteiger partial charge is 0.480 e. The van der Waals surface area contributed by atoms with E-state index in [-0.39, 0.29) is 37.2 Å². The lowest BCUT2D eigenvalue weighted by molar-refractivity contribution is -0.148. The number of nitrogens with two attached hydrogens (primary N) is 1. The number of carboxylic acid groups (broad SMARTS) is 1. The summed E-state index contributed by atoms with van der Waals surface area (Å²) in [7, 11) is 0. The van der Waals surface area contributed by atoms with Crippen molar-refractivity contribution in [1.82, 2.24) is 0 Å². The fourth-order valence-electron chi connectivity index (χ4n) is 3.68. The molecule has 0 aliphatic carbocycles. The molecule has 0 heterocycles. The maximum absolute atomic E-state index is 12.5. The second kappa shape index (κ2) is 16.7. The maximum atomic E-state index is 12.5. The van der Waals surface area contributed by atoms with E-state index in [9.17, 15) is 24.3 Å². The van der Waals surface area contributed by atoms with Crippen LogP contribution >= 0.6 is 0 Å². The number of unbranched alkanes of at least 4 members (excludes halogenated alkanes) is 4. The maximum Gasteiger partial charge on any atom is 0.321 e. The summed E-state index contributed by atoms with van der Waals surface area (Å²) in [6.45, 7) is 7.38. The van der Waals surface area contributed by atoms with Crippen LogP contribution in [0.15, 0.2) is 18.2 Å². The minimum absolute atomic E-state index is 0.0265. The number of rotatable bonds is 17.